The maximum Gasteiger partial charge on any atom is 0.271 e. The fourth-order valence-electron chi connectivity index (χ4n) is 2.66. The minimum absolute atomic E-state index is 0.238. The van der Waals surface area contributed by atoms with Gasteiger partial charge in [0.15, 0.2) is 6.61 Å². The van der Waals surface area contributed by atoms with Gasteiger partial charge in [-0.3, -0.25) is 9.59 Å². The largest absolute Gasteiger partial charge is 0.482 e. The number of ether oxygens (including phenoxy) is 1. The van der Waals surface area contributed by atoms with Crippen LogP contribution in [0.2, 0.25) is 5.02 Å². The second kappa shape index (κ2) is 11.8. The van der Waals surface area contributed by atoms with E-state index in [9.17, 15) is 9.59 Å². The topological polar surface area (TPSA) is 79.8 Å². The van der Waals surface area contributed by atoms with Crippen molar-refractivity contribution in [3.05, 3.63) is 89.7 Å². The highest BCUT2D eigenvalue weighted by Crippen LogP contribution is 2.32. The van der Waals surface area contributed by atoms with Crippen LogP contribution in [0.5, 0.6) is 5.75 Å². The van der Waals surface area contributed by atoms with Gasteiger partial charge in [-0.05, 0) is 76.9 Å². The Balaban J connectivity index is 1.67. The number of hydrogen-bond acceptors (Lipinski definition) is 4. The Bertz CT molecular complexity index is 1220. The van der Waals surface area contributed by atoms with E-state index in [0.29, 0.717) is 32.1 Å². The van der Waals surface area contributed by atoms with Crippen LogP contribution in [0.4, 0.5) is 5.69 Å². The van der Waals surface area contributed by atoms with Crippen molar-refractivity contribution in [3.63, 3.8) is 0 Å². The summed E-state index contributed by atoms with van der Waals surface area (Å²) in [4.78, 5) is 24.6. The Hall–Kier alpha value is -2.20. The molecule has 0 heterocycles. The Morgan fingerprint density at radius 2 is 1.76 bits per heavy atom. The van der Waals surface area contributed by atoms with Gasteiger partial charge in [0.05, 0.1) is 10.7 Å². The number of halogens is 4. The minimum Gasteiger partial charge on any atom is -0.482 e. The van der Waals surface area contributed by atoms with Gasteiger partial charge < -0.3 is 10.1 Å². The second-order valence-electron chi connectivity index (χ2n) is 6.81. The first kappa shape index (κ1) is 25.4. The third kappa shape index (κ3) is 7.40. The quantitative estimate of drug-likeness (QED) is 0.219. The van der Waals surface area contributed by atoms with Gasteiger partial charge in [0, 0.05) is 30.8 Å². The third-order valence-corrected chi connectivity index (χ3v) is 6.30. The van der Waals surface area contributed by atoms with Crippen molar-refractivity contribution in [1.29, 1.82) is 0 Å². The molecule has 2 N–H and O–H groups in total. The van der Waals surface area contributed by atoms with Gasteiger partial charge in [-0.15, -0.1) is 0 Å². The predicted octanol–water partition coefficient (Wildman–Crippen LogP) is 6.72. The predicted molar refractivity (Wildman–Crippen MR) is 141 cm³/mol. The van der Waals surface area contributed by atoms with E-state index in [-0.39, 0.29) is 18.4 Å². The fourth-order valence-corrected chi connectivity index (χ4v) is 4.48. The summed E-state index contributed by atoms with van der Waals surface area (Å²) in [6, 6.07) is 15.7. The highest BCUT2D eigenvalue weighted by molar-refractivity contribution is 9.11. The first-order valence-corrected chi connectivity index (χ1v) is 12.3. The smallest absolute Gasteiger partial charge is 0.271 e. The summed E-state index contributed by atoms with van der Waals surface area (Å²) in [5.74, 6) is -0.306. The summed E-state index contributed by atoms with van der Waals surface area (Å²) in [6.45, 7) is 1.64. The lowest BCUT2D eigenvalue weighted by Gasteiger charge is -2.12. The molecule has 0 aliphatic heterocycles. The zero-order valence-corrected chi connectivity index (χ0v) is 22.7. The van der Waals surface area contributed by atoms with Crippen molar-refractivity contribution < 1.29 is 14.3 Å². The Labute approximate surface area is 221 Å². The van der Waals surface area contributed by atoms with Crippen LogP contribution in [0.3, 0.4) is 0 Å². The molecule has 0 saturated carbocycles. The van der Waals surface area contributed by atoms with Gasteiger partial charge in [-0.25, -0.2) is 5.43 Å². The summed E-state index contributed by atoms with van der Waals surface area (Å²) in [7, 11) is 0. The molecule has 2 amide bonds. The Kier molecular flexibility index (Phi) is 9.08. The van der Waals surface area contributed by atoms with E-state index in [2.05, 4.69) is 63.6 Å². The van der Waals surface area contributed by atoms with E-state index >= 15 is 0 Å². The third-order valence-electron chi connectivity index (χ3n) is 4.32. The van der Waals surface area contributed by atoms with Crippen molar-refractivity contribution in [2.45, 2.75) is 6.92 Å². The average Bonchev–Trinajstić information content (AvgIpc) is 2.76. The number of amides is 2. The molecule has 3 aromatic rings. The first-order chi connectivity index (χ1) is 15.7. The van der Waals surface area contributed by atoms with E-state index in [1.807, 2.05) is 13.0 Å². The average molecular weight is 659 g/mol. The van der Waals surface area contributed by atoms with E-state index in [1.54, 1.807) is 48.5 Å². The van der Waals surface area contributed by atoms with Gasteiger partial charge in [0.2, 0.25) is 0 Å². The molecule has 170 valence electrons. The van der Waals surface area contributed by atoms with Crippen LogP contribution in [-0.4, -0.2) is 24.6 Å². The number of benzene rings is 3. The Morgan fingerprint density at radius 1 is 1.03 bits per heavy atom. The Morgan fingerprint density at radius 3 is 2.45 bits per heavy atom. The maximum atomic E-state index is 12.4. The molecular weight excluding hydrogens is 641 g/mol. The molecule has 0 saturated heterocycles. The second-order valence-corrected chi connectivity index (χ2v) is 9.91. The summed E-state index contributed by atoms with van der Waals surface area (Å²) in [5, 5.41) is 7.33. The molecule has 0 unspecified atom stereocenters. The van der Waals surface area contributed by atoms with Gasteiger partial charge >= 0.3 is 0 Å². The molecule has 6 nitrogen and oxygen atoms in total. The number of hydrazone groups is 1. The van der Waals surface area contributed by atoms with Crippen LogP contribution in [0.15, 0.2) is 73.1 Å². The van der Waals surface area contributed by atoms with E-state index in [1.165, 1.54) is 6.21 Å². The lowest BCUT2D eigenvalue weighted by molar-refractivity contribution is -0.118. The van der Waals surface area contributed by atoms with E-state index in [4.69, 9.17) is 16.3 Å². The van der Waals surface area contributed by atoms with Crippen LogP contribution < -0.4 is 15.5 Å². The van der Waals surface area contributed by atoms with Gasteiger partial charge in [-0.2, -0.15) is 5.10 Å². The normalized spacial score (nSPS) is 10.8. The van der Waals surface area contributed by atoms with Crippen LogP contribution in [-0.2, 0) is 4.79 Å². The van der Waals surface area contributed by atoms with Crippen LogP contribution in [0.1, 0.15) is 21.5 Å². The lowest BCUT2D eigenvalue weighted by Crippen LogP contribution is -2.21. The van der Waals surface area contributed by atoms with Crippen molar-refractivity contribution >= 4 is 83.1 Å². The van der Waals surface area contributed by atoms with Crippen molar-refractivity contribution in [2.75, 3.05) is 11.9 Å². The highest BCUT2D eigenvalue weighted by Gasteiger charge is 2.12. The van der Waals surface area contributed by atoms with Gasteiger partial charge in [-0.1, -0.05) is 49.5 Å². The molecule has 0 aromatic heterocycles. The summed E-state index contributed by atoms with van der Waals surface area (Å²) >= 11 is 16.3. The standard InChI is InChI=1S/C23H17Br3ClN3O3/c1-13-2-7-18(10-20(13)27)29-21(31)12-33-22-15(8-17(25)9-19(22)26)11-28-30-23(32)14-3-5-16(24)6-4-14/h2-11H,12H2,1H3,(H,29,31)(H,30,32)/b28-11+. The minimum atomic E-state index is -0.355. The SMILES string of the molecule is Cc1ccc(NC(=O)COc2c(Br)cc(Br)cc2/C=N/NC(=O)c2ccc(Br)cc2)cc1Cl. The number of rotatable bonds is 7. The van der Waals surface area contributed by atoms with Gasteiger partial charge in [0.1, 0.15) is 5.75 Å². The number of nitrogens with zero attached hydrogens (tertiary/aromatic N) is 1. The molecular formula is C23H17Br3ClN3O3. The first-order valence-electron chi connectivity index (χ1n) is 9.50. The monoisotopic (exact) mass is 655 g/mol. The highest BCUT2D eigenvalue weighted by atomic mass is 79.9. The number of anilines is 1. The van der Waals surface area contributed by atoms with E-state index in [0.717, 1.165) is 14.5 Å². The molecule has 0 spiro atoms. The molecule has 0 atom stereocenters. The van der Waals surface area contributed by atoms with E-state index < -0.39 is 0 Å². The summed E-state index contributed by atoms with van der Waals surface area (Å²) in [6.07, 6.45) is 1.44. The molecule has 0 fully saturated rings. The lowest BCUT2D eigenvalue weighted by atomic mass is 10.2. The molecule has 0 bridgehead atoms. The molecule has 3 aromatic carbocycles. The number of nitrogens with one attached hydrogen (secondary N) is 2. The molecule has 3 rings (SSSR count). The van der Waals surface area contributed by atoms with Crippen LogP contribution in [0.25, 0.3) is 0 Å². The number of aryl methyl sites for hydroxylation is 1. The zero-order chi connectivity index (χ0) is 24.0. The maximum absolute atomic E-state index is 12.4. The fraction of sp³-hybridized carbons (Fsp3) is 0.0870. The van der Waals surface area contributed by atoms with Crippen LogP contribution in [0, 0.1) is 6.92 Å². The molecule has 33 heavy (non-hydrogen) atoms. The molecule has 10 heteroatoms. The van der Waals surface area contributed by atoms with Gasteiger partial charge in [0.25, 0.3) is 11.8 Å². The zero-order valence-electron chi connectivity index (χ0n) is 17.2. The molecule has 0 aliphatic rings. The van der Waals surface area contributed by atoms with Crippen molar-refractivity contribution in [1.82, 2.24) is 5.43 Å². The van der Waals surface area contributed by atoms with Crippen LogP contribution >= 0.6 is 59.4 Å². The van der Waals surface area contributed by atoms with Crippen molar-refractivity contribution in [3.8, 4) is 5.75 Å². The summed E-state index contributed by atoms with van der Waals surface area (Å²) in [5.41, 5.74) is 4.99. The molecule has 0 aliphatic carbocycles. The molecule has 0 radical (unpaired) electrons. The number of carbonyl (C=O) groups excluding carboxylic acids is 2. The number of hydrogen-bond donors (Lipinski definition) is 2. The van der Waals surface area contributed by atoms with Crippen molar-refractivity contribution in [2.24, 2.45) is 5.10 Å². The number of carbonyl (C=O) groups is 2. The summed E-state index contributed by atoms with van der Waals surface area (Å²) < 4.78 is 8.00.